The van der Waals surface area contributed by atoms with Crippen molar-refractivity contribution in [1.82, 2.24) is 5.32 Å². The van der Waals surface area contributed by atoms with Crippen molar-refractivity contribution in [3.63, 3.8) is 0 Å². The largest absolute Gasteiger partial charge is 0.388 e. The van der Waals surface area contributed by atoms with Crippen LogP contribution in [0.1, 0.15) is 58.8 Å². The highest BCUT2D eigenvalue weighted by atomic mass is 16.1. The van der Waals surface area contributed by atoms with Gasteiger partial charge in [-0.25, -0.2) is 0 Å². The van der Waals surface area contributed by atoms with Gasteiger partial charge in [-0.1, -0.05) is 26.7 Å². The first-order valence-corrected chi connectivity index (χ1v) is 7.70. The van der Waals surface area contributed by atoms with Crippen molar-refractivity contribution in [3.8, 4) is 0 Å². The van der Waals surface area contributed by atoms with E-state index in [4.69, 9.17) is 0 Å². The number of hydrogen-bond acceptors (Lipinski definition) is 3. The Labute approximate surface area is 115 Å². The van der Waals surface area contributed by atoms with Gasteiger partial charge in [0.25, 0.3) is 0 Å². The molecule has 106 valence electrons. The van der Waals surface area contributed by atoms with Crippen LogP contribution in [-0.4, -0.2) is 18.1 Å². The molecule has 0 aromatic carbocycles. The smallest absolute Gasteiger partial charge is 0.168 e. The van der Waals surface area contributed by atoms with Crippen molar-refractivity contribution >= 4 is 11.6 Å². The number of carbonyl (C=O) groups excluding carboxylic acids is 2. The fourth-order valence-corrected chi connectivity index (χ4v) is 3.50. The van der Waals surface area contributed by atoms with Gasteiger partial charge in [-0.05, 0) is 31.1 Å². The molecule has 1 saturated carbocycles. The number of hydrogen-bond donors (Lipinski definition) is 1. The second-order valence-electron chi connectivity index (χ2n) is 5.83. The van der Waals surface area contributed by atoms with Crippen LogP contribution in [0.15, 0.2) is 11.3 Å². The summed E-state index contributed by atoms with van der Waals surface area (Å²) in [4.78, 5) is 24.7. The summed E-state index contributed by atoms with van der Waals surface area (Å²) in [5, 5.41) is 3.26. The molecule has 1 N–H and O–H groups in total. The molecule has 0 spiro atoms. The molecule has 1 aliphatic carbocycles. The van der Waals surface area contributed by atoms with E-state index in [9.17, 15) is 9.59 Å². The van der Waals surface area contributed by atoms with Gasteiger partial charge in [-0.3, -0.25) is 9.59 Å². The third-order valence-corrected chi connectivity index (χ3v) is 4.66. The topological polar surface area (TPSA) is 46.2 Å². The molecule has 1 aliphatic heterocycles. The lowest BCUT2D eigenvalue weighted by atomic mass is 9.74. The monoisotopic (exact) mass is 263 g/mol. The molecular formula is C16H25NO2. The average molecular weight is 263 g/mol. The van der Waals surface area contributed by atoms with Crippen molar-refractivity contribution in [3.05, 3.63) is 11.3 Å². The summed E-state index contributed by atoms with van der Waals surface area (Å²) in [6, 6.07) is 0. The average Bonchev–Trinajstić information content (AvgIpc) is 2.40. The quantitative estimate of drug-likeness (QED) is 0.629. The summed E-state index contributed by atoms with van der Waals surface area (Å²) in [6.45, 7) is 5.20. The third kappa shape index (κ3) is 3.07. The summed E-state index contributed by atoms with van der Waals surface area (Å²) in [5.41, 5.74) is 1.42. The zero-order valence-electron chi connectivity index (χ0n) is 12.1. The lowest BCUT2D eigenvalue weighted by Gasteiger charge is -2.30. The number of carbonyl (C=O) groups is 2. The molecule has 0 amide bonds. The van der Waals surface area contributed by atoms with Crippen LogP contribution >= 0.6 is 0 Å². The Morgan fingerprint density at radius 1 is 1.11 bits per heavy atom. The van der Waals surface area contributed by atoms with E-state index in [0.29, 0.717) is 24.3 Å². The standard InChI is InChI=1S/C16H25NO2/c1-3-11(4-2)12-9-14(18)16(15(19)10-12)13-7-5-6-8-17-13/h11-12,17H,3-10H2,1-2H3. The number of Topliss-reactive ketones (excluding diaryl/α,β-unsaturated/α-hetero) is 2. The van der Waals surface area contributed by atoms with Gasteiger partial charge >= 0.3 is 0 Å². The third-order valence-electron chi connectivity index (χ3n) is 4.66. The molecule has 2 rings (SSSR count). The van der Waals surface area contributed by atoms with Gasteiger partial charge in [0, 0.05) is 25.1 Å². The first kappa shape index (κ1) is 14.3. The van der Waals surface area contributed by atoms with E-state index in [2.05, 4.69) is 19.2 Å². The van der Waals surface area contributed by atoms with E-state index < -0.39 is 0 Å². The fourth-order valence-electron chi connectivity index (χ4n) is 3.50. The predicted octanol–water partition coefficient (Wildman–Crippen LogP) is 3.00. The van der Waals surface area contributed by atoms with Crippen molar-refractivity contribution in [2.45, 2.75) is 58.8 Å². The van der Waals surface area contributed by atoms with Crippen molar-refractivity contribution < 1.29 is 9.59 Å². The Balaban J connectivity index is 2.15. The number of piperidine rings is 1. The van der Waals surface area contributed by atoms with Crippen molar-refractivity contribution in [2.24, 2.45) is 11.8 Å². The normalized spacial score (nSPS) is 24.9. The Bertz CT molecular complexity index is 366. The minimum Gasteiger partial charge on any atom is -0.388 e. The molecule has 0 aromatic rings. The van der Waals surface area contributed by atoms with E-state index in [1.807, 2.05) is 0 Å². The summed E-state index contributed by atoms with van der Waals surface area (Å²) in [7, 11) is 0. The second-order valence-corrected chi connectivity index (χ2v) is 5.83. The Hall–Kier alpha value is -1.12. The highest BCUT2D eigenvalue weighted by Gasteiger charge is 2.35. The van der Waals surface area contributed by atoms with Gasteiger partial charge in [0.1, 0.15) is 0 Å². The minimum absolute atomic E-state index is 0.0811. The maximum absolute atomic E-state index is 12.3. The Morgan fingerprint density at radius 3 is 2.21 bits per heavy atom. The molecule has 0 aromatic heterocycles. The first-order chi connectivity index (χ1) is 9.17. The minimum atomic E-state index is 0.0811. The molecule has 19 heavy (non-hydrogen) atoms. The Morgan fingerprint density at radius 2 is 1.74 bits per heavy atom. The van der Waals surface area contributed by atoms with Gasteiger partial charge in [-0.15, -0.1) is 0 Å². The van der Waals surface area contributed by atoms with Crippen LogP contribution in [0.4, 0.5) is 0 Å². The van der Waals surface area contributed by atoms with E-state index in [1.165, 1.54) is 0 Å². The second kappa shape index (κ2) is 6.36. The fraction of sp³-hybridized carbons (Fsp3) is 0.750. The van der Waals surface area contributed by atoms with Crippen LogP contribution in [0.3, 0.4) is 0 Å². The molecule has 2 aliphatic rings. The molecule has 3 heteroatoms. The molecule has 0 radical (unpaired) electrons. The van der Waals surface area contributed by atoms with Crippen LogP contribution in [-0.2, 0) is 9.59 Å². The molecule has 2 fully saturated rings. The zero-order chi connectivity index (χ0) is 13.8. The summed E-state index contributed by atoms with van der Waals surface area (Å²) >= 11 is 0. The molecule has 0 unspecified atom stereocenters. The van der Waals surface area contributed by atoms with E-state index >= 15 is 0 Å². The molecule has 3 nitrogen and oxygen atoms in total. The highest BCUT2D eigenvalue weighted by Crippen LogP contribution is 2.34. The lowest BCUT2D eigenvalue weighted by Crippen LogP contribution is -2.34. The molecule has 0 atom stereocenters. The van der Waals surface area contributed by atoms with E-state index in [1.54, 1.807) is 0 Å². The maximum Gasteiger partial charge on any atom is 0.168 e. The van der Waals surface area contributed by atoms with Gasteiger partial charge < -0.3 is 5.32 Å². The lowest BCUT2D eigenvalue weighted by molar-refractivity contribution is -0.126. The van der Waals surface area contributed by atoms with Crippen molar-refractivity contribution in [2.75, 3.05) is 6.54 Å². The molecule has 1 heterocycles. The number of rotatable bonds is 3. The molecule has 0 bridgehead atoms. The van der Waals surface area contributed by atoms with Gasteiger partial charge in [0.05, 0.1) is 5.57 Å². The molecular weight excluding hydrogens is 238 g/mol. The van der Waals surface area contributed by atoms with E-state index in [-0.39, 0.29) is 17.5 Å². The first-order valence-electron chi connectivity index (χ1n) is 7.70. The van der Waals surface area contributed by atoms with Gasteiger partial charge in [0.15, 0.2) is 11.6 Å². The van der Waals surface area contributed by atoms with Gasteiger partial charge in [0.2, 0.25) is 0 Å². The number of nitrogens with one attached hydrogen (secondary N) is 1. The maximum atomic E-state index is 12.3. The Kier molecular flexibility index (Phi) is 4.78. The summed E-state index contributed by atoms with van der Waals surface area (Å²) in [6.07, 6.45) is 6.34. The number of allylic oxidation sites excluding steroid dienone is 2. The summed E-state index contributed by atoms with van der Waals surface area (Å²) in [5.74, 6) is 0.941. The van der Waals surface area contributed by atoms with Crippen LogP contribution < -0.4 is 5.32 Å². The molecule has 1 saturated heterocycles. The van der Waals surface area contributed by atoms with Crippen LogP contribution in [0, 0.1) is 11.8 Å². The number of ketones is 2. The van der Waals surface area contributed by atoms with Crippen LogP contribution in [0.2, 0.25) is 0 Å². The van der Waals surface area contributed by atoms with Crippen LogP contribution in [0.25, 0.3) is 0 Å². The predicted molar refractivity (Wildman–Crippen MR) is 75.7 cm³/mol. The highest BCUT2D eigenvalue weighted by molar-refractivity contribution is 6.22. The van der Waals surface area contributed by atoms with E-state index in [0.717, 1.165) is 44.3 Å². The van der Waals surface area contributed by atoms with Crippen molar-refractivity contribution in [1.29, 1.82) is 0 Å². The SMILES string of the molecule is CCC(CC)C1CC(=O)C(=C2CCCCN2)C(=O)C1. The van der Waals surface area contributed by atoms with Gasteiger partial charge in [-0.2, -0.15) is 0 Å². The summed E-state index contributed by atoms with van der Waals surface area (Å²) < 4.78 is 0. The zero-order valence-corrected chi connectivity index (χ0v) is 12.1. The van der Waals surface area contributed by atoms with Crippen LogP contribution in [0.5, 0.6) is 0 Å².